The average Bonchev–Trinajstić information content (AvgIpc) is 3.24. The molecule has 1 heterocycles. The number of carbonyl (C=O) groups is 2. The van der Waals surface area contributed by atoms with Gasteiger partial charge in [-0.1, -0.05) is 41.9 Å². The highest BCUT2D eigenvalue weighted by Gasteiger charge is 2.32. The van der Waals surface area contributed by atoms with Crippen molar-refractivity contribution in [2.75, 3.05) is 20.0 Å². The van der Waals surface area contributed by atoms with E-state index in [9.17, 15) is 9.59 Å². The zero-order valence-corrected chi connectivity index (χ0v) is 21.4. The van der Waals surface area contributed by atoms with E-state index in [0.717, 1.165) is 16.7 Å². The van der Waals surface area contributed by atoms with E-state index in [1.807, 2.05) is 66.4 Å². The van der Waals surface area contributed by atoms with Crippen molar-refractivity contribution in [3.05, 3.63) is 94.0 Å². The molecule has 1 fully saturated rings. The van der Waals surface area contributed by atoms with Gasteiger partial charge < -0.3 is 19.7 Å². The SMILES string of the molecule is COc1ccc([C@@H](C)NC(=O)c2ccc([C@@H]3SCC(=O)N3Cc3ccc(Cl)cc3)cc2)cc1OC. The highest BCUT2D eigenvalue weighted by atomic mass is 35.5. The third kappa shape index (κ3) is 5.74. The van der Waals surface area contributed by atoms with E-state index >= 15 is 0 Å². The summed E-state index contributed by atoms with van der Waals surface area (Å²) in [5.74, 6) is 1.61. The Kier molecular flexibility index (Phi) is 7.88. The lowest BCUT2D eigenvalue weighted by Gasteiger charge is -2.24. The Balaban J connectivity index is 1.43. The number of hydrogen-bond donors (Lipinski definition) is 1. The molecule has 182 valence electrons. The van der Waals surface area contributed by atoms with Gasteiger partial charge in [0.2, 0.25) is 5.91 Å². The minimum Gasteiger partial charge on any atom is -0.493 e. The van der Waals surface area contributed by atoms with E-state index in [0.29, 0.717) is 34.4 Å². The Morgan fingerprint density at radius 3 is 2.40 bits per heavy atom. The Labute approximate surface area is 214 Å². The van der Waals surface area contributed by atoms with Gasteiger partial charge in [-0.15, -0.1) is 11.8 Å². The first-order valence-electron chi connectivity index (χ1n) is 11.2. The lowest BCUT2D eigenvalue weighted by molar-refractivity contribution is -0.128. The highest BCUT2D eigenvalue weighted by Crippen LogP contribution is 2.39. The number of carbonyl (C=O) groups excluding carboxylic acids is 2. The van der Waals surface area contributed by atoms with Crippen LogP contribution in [0.3, 0.4) is 0 Å². The molecule has 0 aromatic heterocycles. The van der Waals surface area contributed by atoms with Gasteiger partial charge in [0, 0.05) is 17.1 Å². The molecule has 6 nitrogen and oxygen atoms in total. The van der Waals surface area contributed by atoms with Crippen molar-refractivity contribution in [2.45, 2.75) is 24.9 Å². The third-order valence-corrected chi connectivity index (χ3v) is 7.46. The van der Waals surface area contributed by atoms with E-state index in [1.54, 1.807) is 38.1 Å². The van der Waals surface area contributed by atoms with Crippen LogP contribution in [-0.2, 0) is 11.3 Å². The number of methoxy groups -OCH3 is 2. The first-order valence-corrected chi connectivity index (χ1v) is 12.6. The number of nitrogens with one attached hydrogen (secondary N) is 1. The van der Waals surface area contributed by atoms with Gasteiger partial charge >= 0.3 is 0 Å². The number of amides is 2. The molecule has 1 N–H and O–H groups in total. The van der Waals surface area contributed by atoms with Gasteiger partial charge in [-0.2, -0.15) is 0 Å². The molecule has 0 bridgehead atoms. The first-order chi connectivity index (χ1) is 16.9. The van der Waals surface area contributed by atoms with Gasteiger partial charge in [0.25, 0.3) is 5.91 Å². The zero-order chi connectivity index (χ0) is 24.9. The van der Waals surface area contributed by atoms with Crippen LogP contribution in [0, 0.1) is 0 Å². The maximum atomic E-state index is 12.9. The molecule has 8 heteroatoms. The number of halogens is 1. The molecule has 0 saturated carbocycles. The van der Waals surface area contributed by atoms with Crippen LogP contribution in [0.25, 0.3) is 0 Å². The predicted molar refractivity (Wildman–Crippen MR) is 139 cm³/mol. The molecular formula is C27H27ClN2O4S. The van der Waals surface area contributed by atoms with Crippen molar-refractivity contribution in [3.8, 4) is 11.5 Å². The van der Waals surface area contributed by atoms with Crippen molar-refractivity contribution < 1.29 is 19.1 Å². The largest absolute Gasteiger partial charge is 0.493 e. The van der Waals surface area contributed by atoms with Gasteiger partial charge in [-0.3, -0.25) is 9.59 Å². The van der Waals surface area contributed by atoms with E-state index in [1.165, 1.54) is 0 Å². The Hall–Kier alpha value is -3.16. The highest BCUT2D eigenvalue weighted by molar-refractivity contribution is 8.00. The number of ether oxygens (including phenoxy) is 2. The fourth-order valence-corrected chi connectivity index (χ4v) is 5.29. The van der Waals surface area contributed by atoms with Crippen LogP contribution in [-0.4, -0.2) is 36.7 Å². The second-order valence-corrected chi connectivity index (χ2v) is 9.75. The average molecular weight is 511 g/mol. The van der Waals surface area contributed by atoms with E-state index in [4.69, 9.17) is 21.1 Å². The number of hydrogen-bond acceptors (Lipinski definition) is 5. The number of rotatable bonds is 8. The van der Waals surface area contributed by atoms with E-state index < -0.39 is 0 Å². The van der Waals surface area contributed by atoms with E-state index in [-0.39, 0.29) is 23.2 Å². The van der Waals surface area contributed by atoms with Crippen molar-refractivity contribution >= 4 is 35.2 Å². The summed E-state index contributed by atoms with van der Waals surface area (Å²) in [5, 5.41) is 3.60. The summed E-state index contributed by atoms with van der Waals surface area (Å²) in [6.07, 6.45) is 0. The van der Waals surface area contributed by atoms with Crippen molar-refractivity contribution in [3.63, 3.8) is 0 Å². The quantitative estimate of drug-likeness (QED) is 0.426. The van der Waals surface area contributed by atoms with Gasteiger partial charge in [-0.25, -0.2) is 0 Å². The van der Waals surface area contributed by atoms with Crippen molar-refractivity contribution in [1.29, 1.82) is 0 Å². The zero-order valence-electron chi connectivity index (χ0n) is 19.8. The summed E-state index contributed by atoms with van der Waals surface area (Å²) in [6, 6.07) is 20.3. The van der Waals surface area contributed by atoms with Crippen LogP contribution in [0.15, 0.2) is 66.7 Å². The monoisotopic (exact) mass is 510 g/mol. The summed E-state index contributed by atoms with van der Waals surface area (Å²) >= 11 is 7.58. The van der Waals surface area contributed by atoms with Crippen molar-refractivity contribution in [2.24, 2.45) is 0 Å². The molecule has 1 saturated heterocycles. The van der Waals surface area contributed by atoms with Gasteiger partial charge in [0.1, 0.15) is 5.37 Å². The van der Waals surface area contributed by atoms with Crippen LogP contribution < -0.4 is 14.8 Å². The number of benzene rings is 3. The van der Waals surface area contributed by atoms with Crippen molar-refractivity contribution in [1.82, 2.24) is 10.2 Å². The molecule has 35 heavy (non-hydrogen) atoms. The topological polar surface area (TPSA) is 67.9 Å². The Morgan fingerprint density at radius 1 is 1.06 bits per heavy atom. The second kappa shape index (κ2) is 11.1. The summed E-state index contributed by atoms with van der Waals surface area (Å²) in [6.45, 7) is 2.43. The lowest BCUT2D eigenvalue weighted by atomic mass is 10.1. The fraction of sp³-hybridized carbons (Fsp3) is 0.259. The Morgan fingerprint density at radius 2 is 1.74 bits per heavy atom. The van der Waals surface area contributed by atoms with E-state index in [2.05, 4.69) is 5.32 Å². The fourth-order valence-electron chi connectivity index (χ4n) is 3.97. The summed E-state index contributed by atoms with van der Waals surface area (Å²) in [4.78, 5) is 27.3. The maximum absolute atomic E-state index is 12.9. The molecule has 0 spiro atoms. The van der Waals surface area contributed by atoms with Gasteiger partial charge in [0.15, 0.2) is 11.5 Å². The lowest BCUT2D eigenvalue weighted by Crippen LogP contribution is -2.28. The van der Waals surface area contributed by atoms with Crippen LogP contribution in [0.2, 0.25) is 5.02 Å². The Bertz CT molecular complexity index is 1200. The standard InChI is InChI=1S/C27H27ClN2O4S/c1-17(21-10-13-23(33-2)24(14-21)34-3)29-26(32)19-6-8-20(9-7-19)27-30(25(31)16-35-27)15-18-4-11-22(28)12-5-18/h4-14,17,27H,15-16H2,1-3H3,(H,29,32)/t17-,27+/m1/s1. The minimum atomic E-state index is -0.222. The molecule has 2 atom stereocenters. The molecular weight excluding hydrogens is 484 g/mol. The van der Waals surface area contributed by atoms with Crippen LogP contribution in [0.1, 0.15) is 45.4 Å². The van der Waals surface area contributed by atoms with Crippen LogP contribution >= 0.6 is 23.4 Å². The molecule has 1 aliphatic rings. The second-order valence-electron chi connectivity index (χ2n) is 8.24. The smallest absolute Gasteiger partial charge is 0.251 e. The number of nitrogens with zero attached hydrogens (tertiary/aromatic N) is 1. The van der Waals surface area contributed by atoms with Crippen LogP contribution in [0.5, 0.6) is 11.5 Å². The first kappa shape index (κ1) is 24.9. The molecule has 0 unspecified atom stereocenters. The summed E-state index contributed by atoms with van der Waals surface area (Å²) in [5.41, 5.74) is 3.47. The predicted octanol–water partition coefficient (Wildman–Crippen LogP) is 5.62. The molecule has 3 aromatic carbocycles. The molecule has 3 aromatic rings. The third-order valence-electron chi connectivity index (χ3n) is 5.95. The minimum absolute atomic E-state index is 0.0963. The van der Waals surface area contributed by atoms with Crippen LogP contribution in [0.4, 0.5) is 0 Å². The molecule has 0 radical (unpaired) electrons. The normalized spacial score (nSPS) is 16.2. The van der Waals surface area contributed by atoms with Gasteiger partial charge in [-0.05, 0) is 60.0 Å². The van der Waals surface area contributed by atoms with Gasteiger partial charge in [0.05, 0.1) is 26.0 Å². The molecule has 4 rings (SSSR count). The summed E-state index contributed by atoms with van der Waals surface area (Å²) < 4.78 is 10.6. The number of thioether (sulfide) groups is 1. The molecule has 0 aliphatic carbocycles. The molecule has 1 aliphatic heterocycles. The summed E-state index contributed by atoms with van der Waals surface area (Å²) in [7, 11) is 3.17. The molecule has 2 amide bonds. The maximum Gasteiger partial charge on any atom is 0.251 e.